The number of aryl methyl sites for hydroxylation is 2. The zero-order valence-electron chi connectivity index (χ0n) is 21.4. The van der Waals surface area contributed by atoms with Crippen LogP contribution >= 0.6 is 46.7 Å². The van der Waals surface area contributed by atoms with Crippen molar-refractivity contribution in [1.82, 2.24) is 0 Å². The molecule has 2 heterocycles. The molecule has 4 aromatic rings. The summed E-state index contributed by atoms with van der Waals surface area (Å²) in [5.74, 6) is 2.70. The van der Waals surface area contributed by atoms with Crippen LogP contribution in [0.5, 0.6) is 5.75 Å². The van der Waals surface area contributed by atoms with Crippen molar-refractivity contribution in [3.63, 3.8) is 0 Å². The van der Waals surface area contributed by atoms with Crippen molar-refractivity contribution in [1.29, 1.82) is 0 Å². The molecular formula is C31H28Cl2N2OS2+2. The third-order valence-electron chi connectivity index (χ3n) is 6.33. The molecule has 0 unspecified atom stereocenters. The number of thioether (sulfide) groups is 2. The monoisotopic (exact) mass is 578 g/mol. The standard InChI is InChI=1S/C16H16NOS.C15H12Cl2NS/c1-12-5-3-6-13-10-17(11-19-16(12)13)14-7-4-8-15(9-14)18-2;1-10-3-2-4-11-8-18(9-19-15(10)11)14-6-12(16)5-13(17)7-14/h3-10H,11H2,1-2H3;2-8H,9H2,1H3/q2*+1. The lowest BCUT2D eigenvalue weighted by atomic mass is 10.1. The molecule has 0 atom stereocenters. The number of benzene rings is 4. The third-order valence-corrected chi connectivity index (χ3v) is 9.28. The van der Waals surface area contributed by atoms with E-state index in [9.17, 15) is 0 Å². The molecule has 4 aromatic carbocycles. The molecule has 0 fully saturated rings. The van der Waals surface area contributed by atoms with Crippen LogP contribution in [0.2, 0.25) is 10.0 Å². The lowest BCUT2D eigenvalue weighted by Crippen LogP contribution is -2.13. The van der Waals surface area contributed by atoms with E-state index in [1.54, 1.807) is 13.2 Å². The third kappa shape index (κ3) is 6.13. The van der Waals surface area contributed by atoms with Crippen molar-refractivity contribution in [2.45, 2.75) is 23.6 Å². The Morgan fingerprint density at radius 2 is 1.18 bits per heavy atom. The maximum atomic E-state index is 6.06. The summed E-state index contributed by atoms with van der Waals surface area (Å²) in [6.07, 6.45) is 4.37. The lowest BCUT2D eigenvalue weighted by molar-refractivity contribution is -0.411. The molecule has 7 heteroatoms. The molecule has 0 bridgehead atoms. The molecule has 0 spiro atoms. The van der Waals surface area contributed by atoms with E-state index in [2.05, 4.69) is 84.0 Å². The zero-order chi connectivity index (χ0) is 26.6. The summed E-state index contributed by atoms with van der Waals surface area (Å²) < 4.78 is 9.72. The zero-order valence-corrected chi connectivity index (χ0v) is 24.6. The van der Waals surface area contributed by atoms with Gasteiger partial charge in [-0.25, -0.2) is 0 Å². The summed E-state index contributed by atoms with van der Waals surface area (Å²) in [7, 11) is 1.70. The maximum absolute atomic E-state index is 6.06. The Labute approximate surface area is 242 Å². The number of hydrogen-bond acceptors (Lipinski definition) is 3. The summed E-state index contributed by atoms with van der Waals surface area (Å²) in [6.45, 7) is 4.31. The van der Waals surface area contributed by atoms with Gasteiger partial charge in [-0.3, -0.25) is 0 Å². The van der Waals surface area contributed by atoms with E-state index in [-0.39, 0.29) is 0 Å². The van der Waals surface area contributed by atoms with Gasteiger partial charge in [0.1, 0.15) is 5.75 Å². The maximum Gasteiger partial charge on any atom is 0.209 e. The highest BCUT2D eigenvalue weighted by molar-refractivity contribution is 7.99. The molecule has 0 amide bonds. The molecule has 0 N–H and O–H groups in total. The van der Waals surface area contributed by atoms with Crippen molar-refractivity contribution in [2.75, 3.05) is 18.9 Å². The lowest BCUT2D eigenvalue weighted by Gasteiger charge is -2.13. The molecular weight excluding hydrogens is 551 g/mol. The number of fused-ring (bicyclic) bond motifs is 2. The van der Waals surface area contributed by atoms with Crippen molar-refractivity contribution in [2.24, 2.45) is 0 Å². The number of halogens is 2. The van der Waals surface area contributed by atoms with Crippen molar-refractivity contribution in [3.05, 3.63) is 111 Å². The molecule has 0 aliphatic carbocycles. The molecule has 2 aliphatic heterocycles. The summed E-state index contributed by atoms with van der Waals surface area (Å²) in [5.41, 5.74) is 7.40. The van der Waals surface area contributed by atoms with E-state index >= 15 is 0 Å². The Balaban J connectivity index is 0.000000155. The van der Waals surface area contributed by atoms with Crippen molar-refractivity contribution in [3.8, 4) is 5.75 Å². The van der Waals surface area contributed by atoms with Gasteiger partial charge in [-0.1, -0.05) is 77.1 Å². The van der Waals surface area contributed by atoms with Gasteiger partial charge in [0.2, 0.25) is 11.4 Å². The number of rotatable bonds is 3. The van der Waals surface area contributed by atoms with Crippen LogP contribution in [0.4, 0.5) is 11.4 Å². The first kappa shape index (κ1) is 26.9. The molecule has 0 radical (unpaired) electrons. The summed E-state index contributed by atoms with van der Waals surface area (Å²) >= 11 is 15.9. The van der Waals surface area contributed by atoms with E-state index in [1.807, 2.05) is 47.8 Å². The van der Waals surface area contributed by atoms with Gasteiger partial charge in [0.05, 0.1) is 24.3 Å². The Bertz CT molecular complexity index is 1550. The topological polar surface area (TPSA) is 15.2 Å². The average Bonchev–Trinajstić information content (AvgIpc) is 2.93. The smallest absolute Gasteiger partial charge is 0.209 e. The van der Waals surface area contributed by atoms with Gasteiger partial charge in [-0.2, -0.15) is 9.15 Å². The summed E-state index contributed by atoms with van der Waals surface area (Å²) in [6, 6.07) is 26.6. The van der Waals surface area contributed by atoms with Gasteiger partial charge in [-0.05, 0) is 49.2 Å². The molecule has 3 nitrogen and oxygen atoms in total. The van der Waals surface area contributed by atoms with Gasteiger partial charge < -0.3 is 4.74 Å². The summed E-state index contributed by atoms with van der Waals surface area (Å²) in [4.78, 5) is 2.74. The first-order valence-corrected chi connectivity index (χ1v) is 14.9. The number of nitrogens with zero attached hydrogens (tertiary/aromatic N) is 2. The van der Waals surface area contributed by atoms with Gasteiger partial charge in [0.15, 0.2) is 24.2 Å². The second kappa shape index (κ2) is 12.0. The van der Waals surface area contributed by atoms with E-state index in [0.717, 1.165) is 23.2 Å². The highest BCUT2D eigenvalue weighted by atomic mass is 35.5. The number of methoxy groups -OCH3 is 1. The quantitative estimate of drug-likeness (QED) is 0.225. The van der Waals surface area contributed by atoms with E-state index in [4.69, 9.17) is 27.9 Å². The molecule has 0 saturated heterocycles. The minimum absolute atomic E-state index is 0.663. The van der Waals surface area contributed by atoms with Crippen LogP contribution < -0.4 is 4.74 Å². The molecule has 2 aliphatic rings. The second-order valence-corrected chi connectivity index (χ2v) is 11.8. The van der Waals surface area contributed by atoms with E-state index < -0.39 is 0 Å². The van der Waals surface area contributed by atoms with Crippen LogP contribution in [0.15, 0.2) is 88.7 Å². The second-order valence-electron chi connectivity index (χ2n) is 9.06. The first-order chi connectivity index (χ1) is 18.4. The van der Waals surface area contributed by atoms with Crippen molar-refractivity contribution < 1.29 is 13.9 Å². The highest BCUT2D eigenvalue weighted by Crippen LogP contribution is 2.33. The van der Waals surface area contributed by atoms with Crippen LogP contribution in [0, 0.1) is 13.8 Å². The predicted octanol–water partition coefficient (Wildman–Crippen LogP) is 8.96. The van der Waals surface area contributed by atoms with E-state index in [1.165, 1.54) is 37.7 Å². The van der Waals surface area contributed by atoms with Gasteiger partial charge >= 0.3 is 0 Å². The SMILES string of the molecule is COc1cccc([N+]2=Cc3cccc(C)c3SC2)c1.Cc1cccc2c1SC[N+](c1cc(Cl)cc(Cl)c1)=C2. The molecule has 6 rings (SSSR count). The molecule has 38 heavy (non-hydrogen) atoms. The van der Waals surface area contributed by atoms with Crippen LogP contribution in [0.3, 0.4) is 0 Å². The fraction of sp³-hybridized carbons (Fsp3) is 0.161. The van der Waals surface area contributed by atoms with Gasteiger partial charge in [0.25, 0.3) is 0 Å². The Kier molecular flexibility index (Phi) is 8.49. The van der Waals surface area contributed by atoms with Crippen LogP contribution in [-0.4, -0.2) is 40.4 Å². The largest absolute Gasteiger partial charge is 0.497 e. The first-order valence-electron chi connectivity index (χ1n) is 12.2. The fourth-order valence-electron chi connectivity index (χ4n) is 4.42. The van der Waals surface area contributed by atoms with E-state index in [0.29, 0.717) is 10.0 Å². The van der Waals surface area contributed by atoms with Gasteiger partial charge in [-0.15, -0.1) is 0 Å². The predicted molar refractivity (Wildman–Crippen MR) is 163 cm³/mol. The summed E-state index contributed by atoms with van der Waals surface area (Å²) in [5, 5.41) is 1.33. The fourth-order valence-corrected chi connectivity index (χ4v) is 7.08. The normalized spacial score (nSPS) is 13.8. The average molecular weight is 580 g/mol. The van der Waals surface area contributed by atoms with Crippen LogP contribution in [0.1, 0.15) is 22.3 Å². The van der Waals surface area contributed by atoms with Crippen LogP contribution in [-0.2, 0) is 0 Å². The minimum Gasteiger partial charge on any atom is -0.497 e. The molecule has 0 aromatic heterocycles. The van der Waals surface area contributed by atoms with Crippen LogP contribution in [0.25, 0.3) is 0 Å². The van der Waals surface area contributed by atoms with Gasteiger partial charge in [0, 0.05) is 38.0 Å². The number of ether oxygens (including phenoxy) is 1. The van der Waals surface area contributed by atoms with Crippen molar-refractivity contribution >= 4 is 70.5 Å². The molecule has 0 saturated carbocycles. The Hall–Kier alpha value is -2.70. The number of hydrogen-bond donors (Lipinski definition) is 0. The Morgan fingerprint density at radius 3 is 1.74 bits per heavy atom. The minimum atomic E-state index is 0.663. The Morgan fingerprint density at radius 1 is 0.658 bits per heavy atom. The molecule has 192 valence electrons. The highest BCUT2D eigenvalue weighted by Gasteiger charge is 2.21.